The third kappa shape index (κ3) is 10.6. The van der Waals surface area contributed by atoms with Crippen molar-refractivity contribution < 1.29 is 19.0 Å². The van der Waals surface area contributed by atoms with Crippen LogP contribution in [0.5, 0.6) is 11.5 Å². The van der Waals surface area contributed by atoms with E-state index in [1.165, 1.54) is 71.3 Å². The summed E-state index contributed by atoms with van der Waals surface area (Å²) in [6.07, 6.45) is 14.7. The Bertz CT molecular complexity index is 527. The van der Waals surface area contributed by atoms with Gasteiger partial charge in [-0.2, -0.15) is 0 Å². The van der Waals surface area contributed by atoms with Gasteiger partial charge in [-0.05, 0) is 31.0 Å². The van der Waals surface area contributed by atoms with E-state index in [9.17, 15) is 4.79 Å². The topological polar surface area (TPSA) is 44.8 Å². The number of methoxy groups -OCH3 is 1. The molecule has 0 aliphatic carbocycles. The number of carbonyl (C=O) groups is 1. The van der Waals surface area contributed by atoms with Gasteiger partial charge >= 0.3 is 5.97 Å². The Hall–Kier alpha value is -1.71. The minimum absolute atomic E-state index is 0.355. The lowest BCUT2D eigenvalue weighted by Gasteiger charge is -2.14. The van der Waals surface area contributed by atoms with E-state index in [0.717, 1.165) is 12.8 Å². The maximum absolute atomic E-state index is 11.8. The predicted molar refractivity (Wildman–Crippen MR) is 116 cm³/mol. The van der Waals surface area contributed by atoms with Crippen LogP contribution in [0.4, 0.5) is 0 Å². The molecule has 0 aliphatic rings. The fourth-order valence-electron chi connectivity index (χ4n) is 3.11. The smallest absolute Gasteiger partial charge is 0.337 e. The van der Waals surface area contributed by atoms with E-state index < -0.39 is 0 Å². The molecule has 0 saturated carbocycles. The number of unbranched alkanes of at least 4 members (excludes halogenated alkanes) is 10. The Labute approximate surface area is 172 Å². The molecule has 4 nitrogen and oxygen atoms in total. The maximum atomic E-state index is 11.8. The molecule has 4 heteroatoms. The van der Waals surface area contributed by atoms with Gasteiger partial charge in [0.1, 0.15) is 0 Å². The van der Waals surface area contributed by atoms with E-state index >= 15 is 0 Å². The zero-order chi connectivity index (χ0) is 20.5. The van der Waals surface area contributed by atoms with Crippen LogP contribution in [0.1, 0.15) is 101 Å². The van der Waals surface area contributed by atoms with Crippen molar-refractivity contribution in [2.75, 3.05) is 20.3 Å². The molecular weight excluding hydrogens is 352 g/mol. The minimum atomic E-state index is -0.355. The van der Waals surface area contributed by atoms with E-state index in [-0.39, 0.29) is 5.97 Å². The van der Waals surface area contributed by atoms with Crippen LogP contribution in [-0.2, 0) is 4.74 Å². The average molecular weight is 393 g/mol. The average Bonchev–Trinajstić information content (AvgIpc) is 2.72. The van der Waals surface area contributed by atoms with Crippen molar-refractivity contribution in [2.45, 2.75) is 90.9 Å². The lowest BCUT2D eigenvalue weighted by Crippen LogP contribution is -2.06. The van der Waals surface area contributed by atoms with Gasteiger partial charge < -0.3 is 14.2 Å². The fourth-order valence-corrected chi connectivity index (χ4v) is 3.11. The number of benzene rings is 1. The summed E-state index contributed by atoms with van der Waals surface area (Å²) in [5.41, 5.74) is 0.493. The molecule has 160 valence electrons. The van der Waals surface area contributed by atoms with E-state index in [2.05, 4.69) is 13.8 Å². The molecule has 28 heavy (non-hydrogen) atoms. The molecule has 1 aromatic carbocycles. The Morgan fingerprint density at radius 3 is 1.75 bits per heavy atom. The molecule has 0 saturated heterocycles. The number of hydrogen-bond acceptors (Lipinski definition) is 4. The summed E-state index contributed by atoms with van der Waals surface area (Å²) in [4.78, 5) is 11.8. The SMILES string of the molecule is CCCCCCCCOc1ccc(C(=O)OC)cc1OCCCCCCCC. The zero-order valence-electron chi connectivity index (χ0n) is 18.3. The van der Waals surface area contributed by atoms with Gasteiger partial charge in [0.25, 0.3) is 0 Å². The summed E-state index contributed by atoms with van der Waals surface area (Å²) in [5.74, 6) is 1.00. The molecule has 0 unspecified atom stereocenters. The minimum Gasteiger partial charge on any atom is -0.490 e. The van der Waals surface area contributed by atoms with Gasteiger partial charge in [0, 0.05) is 0 Å². The first kappa shape index (κ1) is 24.3. The van der Waals surface area contributed by atoms with Crippen molar-refractivity contribution in [1.82, 2.24) is 0 Å². The van der Waals surface area contributed by atoms with Crippen LogP contribution in [0.15, 0.2) is 18.2 Å². The normalized spacial score (nSPS) is 10.7. The van der Waals surface area contributed by atoms with Crippen molar-refractivity contribution >= 4 is 5.97 Å². The third-order valence-electron chi connectivity index (χ3n) is 4.88. The standard InChI is InChI=1S/C24H40O4/c1-4-6-8-10-12-14-18-27-22-17-16-21(24(25)26-3)20-23(22)28-19-15-13-11-9-7-5-2/h16-17,20H,4-15,18-19H2,1-3H3. The van der Waals surface area contributed by atoms with E-state index in [0.29, 0.717) is 30.3 Å². The molecule has 0 spiro atoms. The second-order valence-corrected chi connectivity index (χ2v) is 7.39. The number of carbonyl (C=O) groups excluding carboxylic acids is 1. The Morgan fingerprint density at radius 1 is 0.714 bits per heavy atom. The molecule has 0 atom stereocenters. The summed E-state index contributed by atoms with van der Waals surface area (Å²) in [6.45, 7) is 5.78. The quantitative estimate of drug-likeness (QED) is 0.212. The first-order valence-electron chi connectivity index (χ1n) is 11.2. The number of rotatable bonds is 17. The predicted octanol–water partition coefficient (Wildman–Crippen LogP) is 6.95. The van der Waals surface area contributed by atoms with Crippen LogP contribution >= 0.6 is 0 Å². The Kier molecular flexibility index (Phi) is 14.1. The van der Waals surface area contributed by atoms with E-state index in [1.807, 2.05) is 6.07 Å². The third-order valence-corrected chi connectivity index (χ3v) is 4.88. The van der Waals surface area contributed by atoms with Gasteiger partial charge in [0.05, 0.1) is 25.9 Å². The van der Waals surface area contributed by atoms with Crippen LogP contribution in [0, 0.1) is 0 Å². The van der Waals surface area contributed by atoms with Crippen LogP contribution in [0.3, 0.4) is 0 Å². The summed E-state index contributed by atoms with van der Waals surface area (Å²) in [7, 11) is 1.39. The Balaban J connectivity index is 2.48. The molecule has 1 aromatic rings. The van der Waals surface area contributed by atoms with Gasteiger partial charge in [-0.3, -0.25) is 0 Å². The number of esters is 1. The van der Waals surface area contributed by atoms with Gasteiger partial charge in [0.2, 0.25) is 0 Å². The van der Waals surface area contributed by atoms with Crippen LogP contribution < -0.4 is 9.47 Å². The first-order valence-corrected chi connectivity index (χ1v) is 11.2. The van der Waals surface area contributed by atoms with E-state index in [4.69, 9.17) is 14.2 Å². The number of ether oxygens (including phenoxy) is 3. The highest BCUT2D eigenvalue weighted by Gasteiger charge is 2.12. The van der Waals surface area contributed by atoms with Gasteiger partial charge in [0.15, 0.2) is 11.5 Å². The van der Waals surface area contributed by atoms with Crippen LogP contribution in [0.25, 0.3) is 0 Å². The number of hydrogen-bond donors (Lipinski definition) is 0. The summed E-state index contributed by atoms with van der Waals surface area (Å²) < 4.78 is 16.7. The second-order valence-electron chi connectivity index (χ2n) is 7.39. The summed E-state index contributed by atoms with van der Waals surface area (Å²) >= 11 is 0. The first-order chi connectivity index (χ1) is 13.7. The highest BCUT2D eigenvalue weighted by Crippen LogP contribution is 2.29. The second kappa shape index (κ2) is 16.3. The molecule has 0 N–H and O–H groups in total. The molecule has 0 radical (unpaired) electrons. The molecule has 0 fully saturated rings. The molecule has 0 amide bonds. The Morgan fingerprint density at radius 2 is 1.21 bits per heavy atom. The lowest BCUT2D eigenvalue weighted by atomic mass is 10.1. The summed E-state index contributed by atoms with van der Waals surface area (Å²) in [6, 6.07) is 5.29. The van der Waals surface area contributed by atoms with Crippen molar-refractivity contribution in [2.24, 2.45) is 0 Å². The van der Waals surface area contributed by atoms with Crippen molar-refractivity contribution in [3.8, 4) is 11.5 Å². The maximum Gasteiger partial charge on any atom is 0.337 e. The van der Waals surface area contributed by atoms with Crippen LogP contribution in [0.2, 0.25) is 0 Å². The fraction of sp³-hybridized carbons (Fsp3) is 0.708. The summed E-state index contributed by atoms with van der Waals surface area (Å²) in [5, 5.41) is 0. The zero-order valence-corrected chi connectivity index (χ0v) is 18.3. The molecule has 1 rings (SSSR count). The highest BCUT2D eigenvalue weighted by atomic mass is 16.5. The lowest BCUT2D eigenvalue weighted by molar-refractivity contribution is 0.0600. The largest absolute Gasteiger partial charge is 0.490 e. The van der Waals surface area contributed by atoms with E-state index in [1.54, 1.807) is 12.1 Å². The molecule has 0 bridgehead atoms. The molecule has 0 heterocycles. The van der Waals surface area contributed by atoms with Crippen molar-refractivity contribution in [3.63, 3.8) is 0 Å². The highest BCUT2D eigenvalue weighted by molar-refractivity contribution is 5.90. The van der Waals surface area contributed by atoms with Crippen molar-refractivity contribution in [1.29, 1.82) is 0 Å². The van der Waals surface area contributed by atoms with Gasteiger partial charge in [-0.15, -0.1) is 0 Å². The van der Waals surface area contributed by atoms with Gasteiger partial charge in [-0.25, -0.2) is 4.79 Å². The molecule has 0 aromatic heterocycles. The molecular formula is C24H40O4. The van der Waals surface area contributed by atoms with Gasteiger partial charge in [-0.1, -0.05) is 78.1 Å². The molecule has 0 aliphatic heterocycles. The van der Waals surface area contributed by atoms with Crippen LogP contribution in [-0.4, -0.2) is 26.3 Å². The monoisotopic (exact) mass is 392 g/mol. The van der Waals surface area contributed by atoms with Crippen molar-refractivity contribution in [3.05, 3.63) is 23.8 Å².